The number of anilines is 1. The molecule has 3 atom stereocenters. The quantitative estimate of drug-likeness (QED) is 0.537. The molecule has 4 heterocycles. The molecule has 0 aliphatic carbocycles. The van der Waals surface area contributed by atoms with Crippen molar-refractivity contribution in [1.82, 2.24) is 19.6 Å². The maximum atomic E-state index is 15.2. The normalized spacial score (nSPS) is 20.0. The van der Waals surface area contributed by atoms with Crippen LogP contribution in [0, 0.1) is 0 Å². The van der Waals surface area contributed by atoms with Crippen molar-refractivity contribution in [2.75, 3.05) is 24.7 Å². The lowest BCUT2D eigenvalue weighted by Crippen LogP contribution is -2.51. The summed E-state index contributed by atoms with van der Waals surface area (Å²) >= 11 is 6.06. The Morgan fingerprint density at radius 3 is 2.97 bits per heavy atom. The molecule has 4 rings (SSSR count). The molecule has 0 radical (unpaired) electrons. The summed E-state index contributed by atoms with van der Waals surface area (Å²) < 4.78 is 22.7. The zero-order chi connectivity index (χ0) is 23.8. The number of pyridine rings is 1. The van der Waals surface area contributed by atoms with Crippen molar-refractivity contribution >= 4 is 28.8 Å². The van der Waals surface area contributed by atoms with Gasteiger partial charge in [0.1, 0.15) is 6.17 Å². The number of halogens is 2. The van der Waals surface area contributed by atoms with Crippen molar-refractivity contribution in [3.8, 4) is 0 Å². The summed E-state index contributed by atoms with van der Waals surface area (Å²) in [7, 11) is 0. The number of nitrogens with two attached hydrogens (primary N) is 1. The minimum atomic E-state index is -1.60. The summed E-state index contributed by atoms with van der Waals surface area (Å²) in [6.45, 7) is 3.46. The number of hydrogen-bond acceptors (Lipinski definition) is 7. The third-order valence-electron chi connectivity index (χ3n) is 5.95. The second-order valence-electron chi connectivity index (χ2n) is 8.69. The summed E-state index contributed by atoms with van der Waals surface area (Å²) in [6, 6.07) is 3.04. The number of rotatable bonds is 7. The molecule has 0 aromatic carbocycles. The highest BCUT2D eigenvalue weighted by atomic mass is 35.5. The van der Waals surface area contributed by atoms with Crippen LogP contribution in [0.2, 0.25) is 5.02 Å². The summed E-state index contributed by atoms with van der Waals surface area (Å²) in [6.07, 6.45) is 5.06. The maximum Gasteiger partial charge on any atom is 0.252 e. The molecule has 0 saturated carbocycles. The van der Waals surface area contributed by atoms with Crippen LogP contribution in [-0.4, -0.2) is 68.2 Å². The number of carbonyl (C=O) groups excluding carboxylic acids is 1. The summed E-state index contributed by atoms with van der Waals surface area (Å²) in [5.41, 5.74) is 6.00. The first-order valence-electron chi connectivity index (χ1n) is 10.6. The monoisotopic (exact) mass is 476 g/mol. The Morgan fingerprint density at radius 1 is 1.45 bits per heavy atom. The predicted octanol–water partition coefficient (Wildman–Crippen LogP) is 2.36. The number of amides is 1. The first-order valence-corrected chi connectivity index (χ1v) is 11.0. The van der Waals surface area contributed by atoms with Gasteiger partial charge in [0, 0.05) is 37.0 Å². The molecule has 0 unspecified atom stereocenters. The summed E-state index contributed by atoms with van der Waals surface area (Å²) in [5.74, 6) is -0.929. The van der Waals surface area contributed by atoms with Gasteiger partial charge in [0.05, 0.1) is 53.1 Å². The van der Waals surface area contributed by atoms with Crippen molar-refractivity contribution in [2.24, 2.45) is 5.73 Å². The van der Waals surface area contributed by atoms with Gasteiger partial charge in [0.2, 0.25) is 0 Å². The van der Waals surface area contributed by atoms with Gasteiger partial charge >= 0.3 is 0 Å². The number of nitrogens with zero attached hydrogens (tertiary/aromatic N) is 5. The van der Waals surface area contributed by atoms with Crippen LogP contribution in [0.5, 0.6) is 0 Å². The van der Waals surface area contributed by atoms with Gasteiger partial charge in [-0.05, 0) is 26.3 Å². The number of primary amides is 1. The van der Waals surface area contributed by atoms with E-state index in [0.29, 0.717) is 36.0 Å². The fourth-order valence-corrected chi connectivity index (χ4v) is 4.28. The van der Waals surface area contributed by atoms with E-state index in [9.17, 15) is 9.90 Å². The van der Waals surface area contributed by atoms with Crippen molar-refractivity contribution in [3.63, 3.8) is 0 Å². The lowest BCUT2D eigenvalue weighted by molar-refractivity contribution is -0.00256. The van der Waals surface area contributed by atoms with Crippen LogP contribution < -0.4 is 10.6 Å². The molecular formula is C22H26ClFN6O3. The van der Waals surface area contributed by atoms with Crippen LogP contribution >= 0.6 is 11.6 Å². The van der Waals surface area contributed by atoms with Crippen LogP contribution in [0.25, 0.3) is 5.65 Å². The van der Waals surface area contributed by atoms with Crippen LogP contribution in [0.4, 0.5) is 10.1 Å². The standard InChI is InChI=1S/C22H26ClFN6O3/c1-22(2,32)19(24)11-29(16-3-5-26-9-14(16)21(25)31)17-4-6-33-12-15(17)18-10-27-20-7-13(23)8-28-30(18)20/h3,5,7-10,15,17,19,32H,4,6,11-12H2,1-2H3,(H2,25,31)/t15-,17-,19-/m1/s1. The van der Waals surface area contributed by atoms with Gasteiger partial charge < -0.3 is 20.5 Å². The maximum absolute atomic E-state index is 15.2. The molecule has 1 aliphatic rings. The number of imidazole rings is 1. The summed E-state index contributed by atoms with van der Waals surface area (Å²) in [4.78, 5) is 22.4. The van der Waals surface area contributed by atoms with Crippen LogP contribution in [0.15, 0.2) is 36.9 Å². The highest BCUT2D eigenvalue weighted by Crippen LogP contribution is 2.35. The van der Waals surface area contributed by atoms with Crippen LogP contribution in [0.3, 0.4) is 0 Å². The Labute approximate surface area is 195 Å². The van der Waals surface area contributed by atoms with E-state index in [1.165, 1.54) is 32.4 Å². The number of aromatic nitrogens is 4. The topological polar surface area (TPSA) is 119 Å². The first kappa shape index (κ1) is 23.3. The minimum Gasteiger partial charge on any atom is -0.387 e. The van der Waals surface area contributed by atoms with Gasteiger partial charge in [-0.25, -0.2) is 13.9 Å². The van der Waals surface area contributed by atoms with E-state index in [2.05, 4.69) is 15.1 Å². The first-order chi connectivity index (χ1) is 15.7. The molecule has 3 N–H and O–H groups in total. The van der Waals surface area contributed by atoms with Gasteiger partial charge in [0.25, 0.3) is 5.91 Å². The summed E-state index contributed by atoms with van der Waals surface area (Å²) in [5, 5.41) is 15.2. The van der Waals surface area contributed by atoms with Crippen molar-refractivity contribution in [3.05, 3.63) is 53.2 Å². The van der Waals surface area contributed by atoms with Gasteiger partial charge in [-0.15, -0.1) is 0 Å². The van der Waals surface area contributed by atoms with Gasteiger partial charge in [0.15, 0.2) is 5.65 Å². The van der Waals surface area contributed by atoms with E-state index in [1.807, 2.05) is 0 Å². The molecule has 0 bridgehead atoms. The van der Waals surface area contributed by atoms with Crippen LogP contribution in [0.1, 0.15) is 42.2 Å². The highest BCUT2D eigenvalue weighted by molar-refractivity contribution is 6.30. The van der Waals surface area contributed by atoms with Crippen molar-refractivity contribution in [2.45, 2.75) is 44.0 Å². The Morgan fingerprint density at radius 2 is 2.24 bits per heavy atom. The number of fused-ring (bicyclic) bond motifs is 1. The fourth-order valence-electron chi connectivity index (χ4n) is 4.14. The van der Waals surface area contributed by atoms with E-state index in [-0.39, 0.29) is 24.1 Å². The van der Waals surface area contributed by atoms with E-state index in [1.54, 1.807) is 27.7 Å². The SMILES string of the molecule is CC(C)(O)[C@H](F)CN(c1ccncc1C(N)=O)[C@@H]1CCOC[C@H]1c1cnc2cc(Cl)cnn12. The molecule has 1 fully saturated rings. The molecule has 1 amide bonds. The Hall–Kier alpha value is -2.82. The van der Waals surface area contributed by atoms with Crippen LogP contribution in [-0.2, 0) is 4.74 Å². The van der Waals surface area contributed by atoms with E-state index in [0.717, 1.165) is 5.69 Å². The molecule has 1 saturated heterocycles. The molecular weight excluding hydrogens is 451 g/mol. The van der Waals surface area contributed by atoms with Gasteiger partial charge in [-0.1, -0.05) is 11.6 Å². The Bertz CT molecular complexity index is 1150. The predicted molar refractivity (Wildman–Crippen MR) is 121 cm³/mol. The third-order valence-corrected chi connectivity index (χ3v) is 6.16. The Kier molecular flexibility index (Phi) is 6.51. The molecule has 3 aromatic heterocycles. The van der Waals surface area contributed by atoms with E-state index >= 15 is 4.39 Å². The molecule has 176 valence electrons. The van der Waals surface area contributed by atoms with E-state index < -0.39 is 17.7 Å². The molecule has 0 spiro atoms. The average Bonchev–Trinajstić information content (AvgIpc) is 3.19. The number of ether oxygens (including phenoxy) is 1. The molecule has 3 aromatic rings. The fraction of sp³-hybridized carbons (Fsp3) is 0.455. The lowest BCUT2D eigenvalue weighted by atomic mass is 9.89. The number of aliphatic hydroxyl groups is 1. The Balaban J connectivity index is 1.81. The molecule has 9 nitrogen and oxygen atoms in total. The zero-order valence-electron chi connectivity index (χ0n) is 18.4. The second-order valence-corrected chi connectivity index (χ2v) is 9.13. The molecule has 33 heavy (non-hydrogen) atoms. The third kappa shape index (κ3) is 4.78. The lowest BCUT2D eigenvalue weighted by Gasteiger charge is -2.43. The van der Waals surface area contributed by atoms with Gasteiger partial charge in [-0.3, -0.25) is 9.78 Å². The zero-order valence-corrected chi connectivity index (χ0v) is 19.1. The second kappa shape index (κ2) is 9.20. The molecule has 1 aliphatic heterocycles. The average molecular weight is 477 g/mol. The molecule has 11 heteroatoms. The van der Waals surface area contributed by atoms with Gasteiger partial charge in [-0.2, -0.15) is 5.10 Å². The highest BCUT2D eigenvalue weighted by Gasteiger charge is 2.39. The number of alkyl halides is 1. The van der Waals surface area contributed by atoms with Crippen molar-refractivity contribution in [1.29, 1.82) is 0 Å². The van der Waals surface area contributed by atoms with Crippen molar-refractivity contribution < 1.29 is 19.0 Å². The minimum absolute atomic E-state index is 0.162. The number of hydrogen-bond donors (Lipinski definition) is 2. The van der Waals surface area contributed by atoms with E-state index in [4.69, 9.17) is 22.1 Å². The number of carbonyl (C=O) groups is 1. The smallest absolute Gasteiger partial charge is 0.252 e. The largest absolute Gasteiger partial charge is 0.387 e.